The van der Waals surface area contributed by atoms with Crippen LogP contribution in [-0.2, 0) is 0 Å². The first-order valence-electron chi connectivity index (χ1n) is 4.61. The molecule has 0 fully saturated rings. The van der Waals surface area contributed by atoms with Crippen LogP contribution < -0.4 is 4.90 Å². The number of aryl methyl sites for hydroxylation is 1. The van der Waals surface area contributed by atoms with Crippen molar-refractivity contribution in [3.05, 3.63) is 11.2 Å². The van der Waals surface area contributed by atoms with Crippen molar-refractivity contribution in [3.63, 3.8) is 0 Å². The normalized spacial score (nSPS) is 10.6. The second-order valence-corrected chi connectivity index (χ2v) is 4.53. The lowest BCUT2D eigenvalue weighted by atomic mass is 10.8. The summed E-state index contributed by atoms with van der Waals surface area (Å²) in [6.07, 6.45) is 0. The van der Waals surface area contributed by atoms with Gasteiger partial charge in [0.2, 0.25) is 22.3 Å². The van der Waals surface area contributed by atoms with Gasteiger partial charge in [-0.1, -0.05) is 0 Å². The lowest BCUT2D eigenvalue weighted by molar-refractivity contribution is 0.429. The van der Waals surface area contributed by atoms with Crippen LogP contribution in [0.15, 0.2) is 14.8 Å². The first-order valence-corrected chi connectivity index (χ1v) is 5.81. The maximum atomic E-state index is 5.80. The highest BCUT2D eigenvalue weighted by Crippen LogP contribution is 2.24. The molecular weight excluding hydrogens is 264 g/mol. The zero-order valence-corrected chi connectivity index (χ0v) is 11.0. The fraction of sp³-hybridized carbons (Fsp3) is 0.375. The maximum Gasteiger partial charge on any atom is 0.284 e. The molecule has 0 bridgehead atoms. The number of hydrogen-bond acceptors (Lipinski definition) is 8. The highest BCUT2D eigenvalue weighted by Gasteiger charge is 2.11. The third-order valence-electron chi connectivity index (χ3n) is 1.66. The second kappa shape index (κ2) is 4.84. The van der Waals surface area contributed by atoms with Gasteiger partial charge in [0.15, 0.2) is 0 Å². The van der Waals surface area contributed by atoms with Crippen molar-refractivity contribution < 1.29 is 4.42 Å². The first-order chi connectivity index (χ1) is 8.04. The highest BCUT2D eigenvalue weighted by atomic mass is 35.5. The molecule has 0 saturated heterocycles. The second-order valence-electron chi connectivity index (χ2n) is 3.27. The van der Waals surface area contributed by atoms with Gasteiger partial charge in [-0.3, -0.25) is 0 Å². The lowest BCUT2D eigenvalue weighted by Gasteiger charge is -2.09. The van der Waals surface area contributed by atoms with Crippen LogP contribution in [0, 0.1) is 6.92 Å². The average molecular weight is 273 g/mol. The standard InChI is InChI=1S/C8H9ClN6OS/c1-4-13-14-8(16-4)17-7-11-5(9)10-6(12-7)15(2)3/h1-3H3. The summed E-state index contributed by atoms with van der Waals surface area (Å²) in [5.41, 5.74) is 0. The van der Waals surface area contributed by atoms with Gasteiger partial charge in [0, 0.05) is 32.8 Å². The van der Waals surface area contributed by atoms with Crippen LogP contribution in [0.25, 0.3) is 0 Å². The van der Waals surface area contributed by atoms with E-state index in [9.17, 15) is 0 Å². The minimum Gasteiger partial charge on any atom is -0.416 e. The van der Waals surface area contributed by atoms with E-state index in [1.54, 1.807) is 11.8 Å². The molecule has 2 aromatic rings. The monoisotopic (exact) mass is 272 g/mol. The molecule has 90 valence electrons. The highest BCUT2D eigenvalue weighted by molar-refractivity contribution is 7.98. The Hall–Kier alpha value is -1.41. The molecule has 17 heavy (non-hydrogen) atoms. The topological polar surface area (TPSA) is 80.8 Å². The van der Waals surface area contributed by atoms with Crippen molar-refractivity contribution in [2.75, 3.05) is 19.0 Å². The summed E-state index contributed by atoms with van der Waals surface area (Å²) in [5, 5.41) is 8.46. The van der Waals surface area contributed by atoms with E-state index in [1.165, 1.54) is 0 Å². The fourth-order valence-corrected chi connectivity index (χ4v) is 1.83. The maximum absolute atomic E-state index is 5.80. The van der Waals surface area contributed by atoms with Gasteiger partial charge in [-0.05, 0) is 11.6 Å². The summed E-state index contributed by atoms with van der Waals surface area (Å²) in [6, 6.07) is 0. The molecule has 9 heteroatoms. The lowest BCUT2D eigenvalue weighted by Crippen LogP contribution is -2.13. The zero-order chi connectivity index (χ0) is 12.4. The SMILES string of the molecule is Cc1nnc(Sc2nc(Cl)nc(N(C)C)n2)o1. The van der Waals surface area contributed by atoms with Crippen LogP contribution in [0.5, 0.6) is 0 Å². The van der Waals surface area contributed by atoms with Crippen LogP contribution >= 0.6 is 23.4 Å². The molecule has 7 nitrogen and oxygen atoms in total. The van der Waals surface area contributed by atoms with Crippen LogP contribution in [0.2, 0.25) is 5.28 Å². The van der Waals surface area contributed by atoms with Gasteiger partial charge in [0.25, 0.3) is 5.22 Å². The Balaban J connectivity index is 2.26. The van der Waals surface area contributed by atoms with Gasteiger partial charge in [-0.25, -0.2) is 0 Å². The summed E-state index contributed by atoms with van der Waals surface area (Å²) in [7, 11) is 3.63. The van der Waals surface area contributed by atoms with E-state index in [4.69, 9.17) is 16.0 Å². The van der Waals surface area contributed by atoms with Crippen LogP contribution in [0.4, 0.5) is 5.95 Å². The molecule has 0 N–H and O–H groups in total. The molecule has 2 aromatic heterocycles. The van der Waals surface area contributed by atoms with Gasteiger partial charge in [-0.15, -0.1) is 10.2 Å². The molecular formula is C8H9ClN6OS. The molecule has 0 atom stereocenters. The largest absolute Gasteiger partial charge is 0.416 e. The van der Waals surface area contributed by atoms with Crippen molar-refractivity contribution in [3.8, 4) is 0 Å². The molecule has 0 spiro atoms. The van der Waals surface area contributed by atoms with Gasteiger partial charge in [-0.2, -0.15) is 15.0 Å². The molecule has 0 aliphatic carbocycles. The molecule has 0 aliphatic rings. The predicted octanol–water partition coefficient (Wildman–Crippen LogP) is 1.43. The van der Waals surface area contributed by atoms with Crippen molar-refractivity contribution in [2.24, 2.45) is 0 Å². The van der Waals surface area contributed by atoms with Crippen molar-refractivity contribution in [2.45, 2.75) is 17.3 Å². The van der Waals surface area contributed by atoms with Crippen molar-refractivity contribution >= 4 is 29.3 Å². The Morgan fingerprint density at radius 2 is 1.94 bits per heavy atom. The average Bonchev–Trinajstić information content (AvgIpc) is 2.63. The van der Waals surface area contributed by atoms with E-state index in [0.717, 1.165) is 11.8 Å². The molecule has 0 unspecified atom stereocenters. The molecule has 0 aromatic carbocycles. The van der Waals surface area contributed by atoms with Crippen molar-refractivity contribution in [1.29, 1.82) is 0 Å². The molecule has 0 saturated carbocycles. The van der Waals surface area contributed by atoms with Crippen LogP contribution in [0.3, 0.4) is 0 Å². The molecule has 2 heterocycles. The number of nitrogens with zero attached hydrogens (tertiary/aromatic N) is 6. The molecule has 0 radical (unpaired) electrons. The summed E-state index contributed by atoms with van der Waals surface area (Å²) in [6.45, 7) is 1.71. The summed E-state index contributed by atoms with van der Waals surface area (Å²) < 4.78 is 5.21. The quantitative estimate of drug-likeness (QED) is 0.830. The van der Waals surface area contributed by atoms with E-state index < -0.39 is 0 Å². The van der Waals surface area contributed by atoms with E-state index in [-0.39, 0.29) is 5.28 Å². The van der Waals surface area contributed by atoms with Gasteiger partial charge in [0.1, 0.15) is 0 Å². The van der Waals surface area contributed by atoms with Gasteiger partial charge < -0.3 is 9.32 Å². The van der Waals surface area contributed by atoms with Crippen LogP contribution in [-0.4, -0.2) is 39.2 Å². The predicted molar refractivity (Wildman–Crippen MR) is 62.3 cm³/mol. The summed E-state index contributed by atoms with van der Waals surface area (Å²) >= 11 is 6.94. The number of hydrogen-bond donors (Lipinski definition) is 0. The Morgan fingerprint density at radius 1 is 1.18 bits per heavy atom. The van der Waals surface area contributed by atoms with E-state index in [0.29, 0.717) is 22.2 Å². The Morgan fingerprint density at radius 3 is 2.53 bits per heavy atom. The molecule has 0 amide bonds. The zero-order valence-electron chi connectivity index (χ0n) is 9.38. The first kappa shape index (κ1) is 12.1. The fourth-order valence-electron chi connectivity index (χ4n) is 0.965. The van der Waals surface area contributed by atoms with Crippen LogP contribution in [0.1, 0.15) is 5.89 Å². The Labute approximate surface area is 107 Å². The van der Waals surface area contributed by atoms with E-state index >= 15 is 0 Å². The smallest absolute Gasteiger partial charge is 0.284 e. The van der Waals surface area contributed by atoms with E-state index in [1.807, 2.05) is 14.1 Å². The number of anilines is 1. The van der Waals surface area contributed by atoms with Gasteiger partial charge >= 0.3 is 0 Å². The van der Waals surface area contributed by atoms with Crippen molar-refractivity contribution in [1.82, 2.24) is 25.1 Å². The molecule has 0 aliphatic heterocycles. The third kappa shape index (κ3) is 3.04. The van der Waals surface area contributed by atoms with Gasteiger partial charge in [0.05, 0.1) is 0 Å². The third-order valence-corrected chi connectivity index (χ3v) is 2.54. The summed E-state index contributed by atoms with van der Waals surface area (Å²) in [5.74, 6) is 0.962. The Kier molecular flexibility index (Phi) is 3.43. The molecule has 2 rings (SSSR count). The minimum atomic E-state index is 0.127. The Bertz CT molecular complexity index is 530. The number of aromatic nitrogens is 5. The summed E-state index contributed by atoms with van der Waals surface area (Å²) in [4.78, 5) is 13.9. The number of rotatable bonds is 3. The number of halogens is 1. The minimum absolute atomic E-state index is 0.127. The van der Waals surface area contributed by atoms with E-state index in [2.05, 4.69) is 25.1 Å².